The zero-order valence-electron chi connectivity index (χ0n) is 10.4. The Morgan fingerprint density at radius 1 is 1.56 bits per heavy atom. The number of benzene rings is 1. The monoisotopic (exact) mass is 265 g/mol. The van der Waals surface area contributed by atoms with Crippen molar-refractivity contribution in [3.05, 3.63) is 39.4 Å². The van der Waals surface area contributed by atoms with E-state index in [4.69, 9.17) is 0 Å². The van der Waals surface area contributed by atoms with Gasteiger partial charge in [0.25, 0.3) is 5.69 Å². The normalized spacial score (nSPS) is 14.8. The van der Waals surface area contributed by atoms with Gasteiger partial charge < -0.3 is 4.90 Å². The third kappa shape index (κ3) is 2.64. The molecule has 0 amide bonds. The molecule has 2 rings (SSSR count). The number of rotatable bonds is 3. The first-order chi connectivity index (χ1) is 8.61. The van der Waals surface area contributed by atoms with Crippen LogP contribution in [-0.2, 0) is 6.54 Å². The van der Waals surface area contributed by atoms with Crippen molar-refractivity contribution in [3.63, 3.8) is 0 Å². The van der Waals surface area contributed by atoms with E-state index in [1.54, 1.807) is 23.9 Å². The number of amidine groups is 1. The number of nitro groups is 1. The standard InChI is InChI=1S/C12H15N3O2S/c1-9-3-4-11(15(16)17)10(7-9)8-14-6-5-13-12(14)18-2/h3-4,7H,5-6,8H2,1-2H3. The van der Waals surface area contributed by atoms with Gasteiger partial charge in [-0.2, -0.15) is 0 Å². The fraction of sp³-hybridized carbons (Fsp3) is 0.417. The van der Waals surface area contributed by atoms with Crippen molar-refractivity contribution in [1.29, 1.82) is 0 Å². The summed E-state index contributed by atoms with van der Waals surface area (Å²) < 4.78 is 0. The second-order valence-electron chi connectivity index (χ2n) is 4.18. The predicted octanol–water partition coefficient (Wildman–Crippen LogP) is 2.44. The Labute approximate surface area is 110 Å². The maximum Gasteiger partial charge on any atom is 0.274 e. The maximum atomic E-state index is 11.0. The summed E-state index contributed by atoms with van der Waals surface area (Å²) in [5.74, 6) is 0. The molecule has 0 fully saturated rings. The Bertz CT molecular complexity index is 502. The number of thioether (sulfide) groups is 1. The number of hydrogen-bond acceptors (Lipinski definition) is 5. The summed E-state index contributed by atoms with van der Waals surface area (Å²) in [4.78, 5) is 17.1. The van der Waals surface area contributed by atoms with Gasteiger partial charge in [0.1, 0.15) is 0 Å². The van der Waals surface area contributed by atoms with E-state index in [0.717, 1.165) is 29.4 Å². The molecule has 0 radical (unpaired) electrons. The van der Waals surface area contributed by atoms with E-state index in [2.05, 4.69) is 9.89 Å². The number of hydrogen-bond donors (Lipinski definition) is 0. The number of nitrogens with zero attached hydrogens (tertiary/aromatic N) is 3. The Kier molecular flexibility index (Phi) is 3.86. The Morgan fingerprint density at radius 2 is 2.33 bits per heavy atom. The minimum absolute atomic E-state index is 0.188. The summed E-state index contributed by atoms with van der Waals surface area (Å²) in [5, 5.41) is 12.0. The maximum absolute atomic E-state index is 11.0. The third-order valence-corrected chi connectivity index (χ3v) is 3.62. The van der Waals surface area contributed by atoms with Crippen LogP contribution < -0.4 is 0 Å². The van der Waals surface area contributed by atoms with Crippen LogP contribution >= 0.6 is 11.8 Å². The van der Waals surface area contributed by atoms with Crippen molar-refractivity contribution in [2.24, 2.45) is 4.99 Å². The minimum atomic E-state index is -0.319. The molecule has 1 aromatic rings. The number of aliphatic imine (C=N–C) groups is 1. The molecule has 1 aromatic carbocycles. The summed E-state index contributed by atoms with van der Waals surface area (Å²) in [6, 6.07) is 5.24. The molecule has 0 atom stereocenters. The van der Waals surface area contributed by atoms with Gasteiger partial charge >= 0.3 is 0 Å². The number of nitro benzene ring substituents is 1. The molecule has 1 heterocycles. The van der Waals surface area contributed by atoms with Crippen molar-refractivity contribution < 1.29 is 4.92 Å². The lowest BCUT2D eigenvalue weighted by atomic mass is 10.1. The molecule has 0 spiro atoms. The second kappa shape index (κ2) is 5.39. The highest BCUT2D eigenvalue weighted by Gasteiger charge is 2.21. The van der Waals surface area contributed by atoms with Crippen molar-refractivity contribution in [2.75, 3.05) is 19.3 Å². The van der Waals surface area contributed by atoms with Gasteiger partial charge in [-0.25, -0.2) is 0 Å². The average molecular weight is 265 g/mol. The summed E-state index contributed by atoms with van der Waals surface area (Å²) in [7, 11) is 0. The van der Waals surface area contributed by atoms with Crippen LogP contribution in [0, 0.1) is 17.0 Å². The van der Waals surface area contributed by atoms with Crippen LogP contribution in [0.5, 0.6) is 0 Å². The summed E-state index contributed by atoms with van der Waals surface area (Å²) in [5.41, 5.74) is 1.98. The second-order valence-corrected chi connectivity index (χ2v) is 4.95. The predicted molar refractivity (Wildman–Crippen MR) is 74.1 cm³/mol. The lowest BCUT2D eigenvalue weighted by Gasteiger charge is -2.19. The molecule has 0 unspecified atom stereocenters. The van der Waals surface area contributed by atoms with Gasteiger partial charge in [-0.15, -0.1) is 0 Å². The summed E-state index contributed by atoms with van der Waals surface area (Å²) >= 11 is 1.58. The van der Waals surface area contributed by atoms with E-state index in [9.17, 15) is 10.1 Å². The topological polar surface area (TPSA) is 58.7 Å². The lowest BCUT2D eigenvalue weighted by molar-refractivity contribution is -0.385. The zero-order chi connectivity index (χ0) is 13.1. The molecule has 96 valence electrons. The zero-order valence-corrected chi connectivity index (χ0v) is 11.2. The van der Waals surface area contributed by atoms with E-state index in [-0.39, 0.29) is 10.6 Å². The van der Waals surface area contributed by atoms with Crippen LogP contribution in [0.4, 0.5) is 5.69 Å². The molecule has 6 heteroatoms. The van der Waals surface area contributed by atoms with E-state index < -0.39 is 0 Å². The summed E-state index contributed by atoms with van der Waals surface area (Å²) in [6.45, 7) is 4.11. The minimum Gasteiger partial charge on any atom is -0.345 e. The molecule has 5 nitrogen and oxygen atoms in total. The van der Waals surface area contributed by atoms with Gasteiger partial charge in [0.2, 0.25) is 0 Å². The molecule has 0 bridgehead atoms. The van der Waals surface area contributed by atoms with Gasteiger partial charge in [-0.05, 0) is 19.2 Å². The first-order valence-corrected chi connectivity index (χ1v) is 6.91. The van der Waals surface area contributed by atoms with Crippen LogP contribution in [0.25, 0.3) is 0 Å². The van der Waals surface area contributed by atoms with Crippen molar-refractivity contribution >= 4 is 22.6 Å². The van der Waals surface area contributed by atoms with E-state index >= 15 is 0 Å². The fourth-order valence-corrected chi connectivity index (χ4v) is 2.66. The highest BCUT2D eigenvalue weighted by molar-refractivity contribution is 8.13. The van der Waals surface area contributed by atoms with Crippen molar-refractivity contribution in [3.8, 4) is 0 Å². The van der Waals surface area contributed by atoms with E-state index in [0.29, 0.717) is 6.54 Å². The quantitative estimate of drug-likeness (QED) is 0.622. The smallest absolute Gasteiger partial charge is 0.274 e. The highest BCUT2D eigenvalue weighted by Crippen LogP contribution is 2.23. The Balaban J connectivity index is 2.25. The van der Waals surface area contributed by atoms with E-state index in [1.807, 2.05) is 19.2 Å². The van der Waals surface area contributed by atoms with Crippen LogP contribution in [0.1, 0.15) is 11.1 Å². The van der Waals surface area contributed by atoms with Crippen molar-refractivity contribution in [2.45, 2.75) is 13.5 Å². The highest BCUT2D eigenvalue weighted by atomic mass is 32.2. The molecule has 1 aliphatic rings. The SMILES string of the molecule is CSC1=NCCN1Cc1cc(C)ccc1[N+](=O)[O-]. The van der Waals surface area contributed by atoms with Gasteiger partial charge in [0.15, 0.2) is 5.17 Å². The molecular weight excluding hydrogens is 250 g/mol. The van der Waals surface area contributed by atoms with Gasteiger partial charge in [0.05, 0.1) is 18.0 Å². The molecule has 0 N–H and O–H groups in total. The Hall–Kier alpha value is -1.56. The molecule has 0 aliphatic carbocycles. The van der Waals surface area contributed by atoms with Crippen molar-refractivity contribution in [1.82, 2.24) is 4.90 Å². The van der Waals surface area contributed by atoms with Crippen LogP contribution in [0.15, 0.2) is 23.2 Å². The fourth-order valence-electron chi connectivity index (χ4n) is 2.03. The first-order valence-electron chi connectivity index (χ1n) is 5.69. The third-order valence-electron chi connectivity index (χ3n) is 2.86. The number of aryl methyl sites for hydroxylation is 1. The van der Waals surface area contributed by atoms with Crippen LogP contribution in [0.2, 0.25) is 0 Å². The van der Waals surface area contributed by atoms with Gasteiger partial charge in [-0.1, -0.05) is 23.4 Å². The summed E-state index contributed by atoms with van der Waals surface area (Å²) in [6.07, 6.45) is 1.97. The van der Waals surface area contributed by atoms with Gasteiger partial charge in [-0.3, -0.25) is 15.1 Å². The molecule has 0 saturated carbocycles. The molecule has 0 aromatic heterocycles. The van der Waals surface area contributed by atoms with Crippen LogP contribution in [0.3, 0.4) is 0 Å². The first kappa shape index (κ1) is 12.9. The Morgan fingerprint density at radius 3 is 3.00 bits per heavy atom. The molecule has 1 aliphatic heterocycles. The lowest BCUT2D eigenvalue weighted by Crippen LogP contribution is -2.25. The molecule has 0 saturated heterocycles. The van der Waals surface area contributed by atoms with Gasteiger partial charge in [0, 0.05) is 18.2 Å². The average Bonchev–Trinajstić information content (AvgIpc) is 2.76. The van der Waals surface area contributed by atoms with Crippen LogP contribution in [-0.4, -0.2) is 34.3 Å². The molecular formula is C12H15N3O2S. The van der Waals surface area contributed by atoms with E-state index in [1.165, 1.54) is 0 Å². The largest absolute Gasteiger partial charge is 0.345 e. The molecule has 18 heavy (non-hydrogen) atoms.